The van der Waals surface area contributed by atoms with E-state index in [4.69, 9.17) is 0 Å². The van der Waals surface area contributed by atoms with Gasteiger partial charge in [-0.1, -0.05) is 416 Å². The number of hydrogen-bond donors (Lipinski definition) is 0. The van der Waals surface area contributed by atoms with Gasteiger partial charge in [0.05, 0.1) is 0 Å². The molecule has 20 aromatic rings. The van der Waals surface area contributed by atoms with Gasteiger partial charge in [0.25, 0.3) is 0 Å². The lowest BCUT2D eigenvalue weighted by Gasteiger charge is -2.14. The van der Waals surface area contributed by atoms with Crippen LogP contribution in [0.2, 0.25) is 0 Å². The predicted molar refractivity (Wildman–Crippen MR) is 521 cm³/mol. The smallest absolute Gasteiger partial charge is 0.00966 e. The van der Waals surface area contributed by atoms with Crippen LogP contribution in [0.25, 0.3) is 165 Å². The van der Waals surface area contributed by atoms with Crippen molar-refractivity contribution in [2.24, 2.45) is 0 Å². The molecule has 0 bridgehead atoms. The van der Waals surface area contributed by atoms with Crippen LogP contribution in [-0.4, -0.2) is 0 Å². The minimum Gasteiger partial charge on any atom is -0.0620 e. The first-order chi connectivity index (χ1) is 58.6. The highest BCUT2D eigenvalue weighted by Gasteiger charge is 2.15. The van der Waals surface area contributed by atoms with E-state index in [9.17, 15) is 0 Å². The lowest BCUT2D eigenvalue weighted by molar-refractivity contribution is 1.45. The number of hydrogen-bond acceptors (Lipinski definition) is 0. The Morgan fingerprint density at radius 3 is 0.842 bits per heavy atom. The molecule has 0 fully saturated rings. The maximum Gasteiger partial charge on any atom is -0.00966 e. The van der Waals surface area contributed by atoms with E-state index in [2.05, 4.69) is 494 Å². The minimum absolute atomic E-state index is 1.27. The molecule has 0 aromatic heterocycles. The Hall–Kier alpha value is -14.3. The zero-order valence-corrected chi connectivity index (χ0v) is 70.4. The molecule has 0 heteroatoms. The molecule has 120 heavy (non-hydrogen) atoms. The number of benzene rings is 20. The Labute approximate surface area is 709 Å². The second-order valence-electron chi connectivity index (χ2n) is 32.2. The van der Waals surface area contributed by atoms with E-state index in [1.807, 2.05) is 0 Å². The molecule has 0 heterocycles. The SMILES string of the molecule is Cc1ccc(-c2ccc3c(-c4ccc(C)cc4)cccc3c2)cc1.Cc1cccc(-c2cc(-c3cccc(C)c3)c3ccccc3c2)c1.Cc1cccc(-c2ccc3c(-c4cccc(C)c4)cccc3c2)c1.Cc1ccccc1-c1cc(-c2ccccc2C)c2ccccc2c1.Cc1ccccc1-c1ccc2c(-c3ccccc3C)cccc2c1. The summed E-state index contributed by atoms with van der Waals surface area (Å²) < 4.78 is 0. The second kappa shape index (κ2) is 36.5. The van der Waals surface area contributed by atoms with Gasteiger partial charge in [0.15, 0.2) is 0 Å². The van der Waals surface area contributed by atoms with Crippen molar-refractivity contribution in [3.05, 3.63) is 480 Å². The van der Waals surface area contributed by atoms with Crippen molar-refractivity contribution in [1.29, 1.82) is 0 Å². The Bertz CT molecular complexity index is 7030. The Morgan fingerprint density at radius 1 is 0.108 bits per heavy atom. The highest BCUT2D eigenvalue weighted by atomic mass is 14.2. The van der Waals surface area contributed by atoms with E-state index in [0.717, 1.165) is 0 Å². The standard InChI is InChI=1S/5C24H20/c1-17-9-3-6-12-21(17)20-15-19-11-5-8-14-23(19)24(16-20)22-13-7-4-10-18(22)2;1-17-6-3-8-19(14-17)20-12-13-24-22(16-20)10-5-11-23(24)21-9-4-7-18(2)15-21;1-17-8-3-5-11-21(17)20-14-15-23-19(16-20)10-7-13-24(23)22-12-6-4-9-18(22)2;1-17-7-5-10-19(13-17)22-15-21-9-3-4-12-23(21)24(16-22)20-11-6-8-18(2)14-20;1-17-6-10-19(11-7-17)21-14-15-24-22(16-21)4-3-5-23(24)20-12-8-18(2)9-13-20/h5*3-16H,1-2H3. The van der Waals surface area contributed by atoms with E-state index in [-0.39, 0.29) is 0 Å². The topological polar surface area (TPSA) is 0 Å². The van der Waals surface area contributed by atoms with Crippen LogP contribution in [0.15, 0.2) is 425 Å². The van der Waals surface area contributed by atoms with E-state index in [1.54, 1.807) is 0 Å². The van der Waals surface area contributed by atoms with Crippen LogP contribution in [-0.2, 0) is 0 Å². The van der Waals surface area contributed by atoms with Gasteiger partial charge in [-0.05, 0) is 299 Å². The first-order valence-electron chi connectivity index (χ1n) is 41.9. The number of aryl methyl sites for hydroxylation is 10. The van der Waals surface area contributed by atoms with Crippen molar-refractivity contribution in [3.8, 4) is 111 Å². The van der Waals surface area contributed by atoms with E-state index < -0.39 is 0 Å². The van der Waals surface area contributed by atoms with Gasteiger partial charge in [0.1, 0.15) is 0 Å². The summed E-state index contributed by atoms with van der Waals surface area (Å²) in [6.45, 7) is 21.5. The van der Waals surface area contributed by atoms with Crippen LogP contribution in [0.1, 0.15) is 55.6 Å². The van der Waals surface area contributed by atoms with Crippen molar-refractivity contribution < 1.29 is 0 Å². The van der Waals surface area contributed by atoms with Crippen molar-refractivity contribution in [2.45, 2.75) is 69.2 Å². The van der Waals surface area contributed by atoms with Crippen molar-refractivity contribution in [3.63, 3.8) is 0 Å². The molecular formula is C120H100. The van der Waals surface area contributed by atoms with Gasteiger partial charge < -0.3 is 0 Å². The van der Waals surface area contributed by atoms with Crippen LogP contribution in [0, 0.1) is 69.2 Å². The van der Waals surface area contributed by atoms with Crippen LogP contribution >= 0.6 is 0 Å². The monoisotopic (exact) mass is 1540 g/mol. The summed E-state index contributed by atoms with van der Waals surface area (Å²) in [5.41, 5.74) is 38.8. The first kappa shape index (κ1) is 79.5. The van der Waals surface area contributed by atoms with Gasteiger partial charge in [-0.25, -0.2) is 0 Å². The Balaban J connectivity index is 0.000000112. The molecule has 0 aliphatic rings. The molecule has 0 N–H and O–H groups in total. The van der Waals surface area contributed by atoms with E-state index in [0.29, 0.717) is 0 Å². The molecule has 20 rings (SSSR count). The van der Waals surface area contributed by atoms with Crippen molar-refractivity contribution in [1.82, 2.24) is 0 Å². The van der Waals surface area contributed by atoms with Crippen molar-refractivity contribution in [2.75, 3.05) is 0 Å². The second-order valence-corrected chi connectivity index (χ2v) is 32.2. The molecule has 0 unspecified atom stereocenters. The van der Waals surface area contributed by atoms with Crippen LogP contribution in [0.3, 0.4) is 0 Å². The van der Waals surface area contributed by atoms with Gasteiger partial charge in [-0.15, -0.1) is 0 Å². The quantitative estimate of drug-likeness (QED) is 0.128. The molecule has 0 amide bonds. The van der Waals surface area contributed by atoms with Gasteiger partial charge in [-0.3, -0.25) is 0 Å². The highest BCUT2D eigenvalue weighted by Crippen LogP contribution is 2.41. The first-order valence-corrected chi connectivity index (χ1v) is 41.9. The summed E-state index contributed by atoms with van der Waals surface area (Å²) >= 11 is 0. The molecule has 0 aliphatic heterocycles. The maximum absolute atomic E-state index is 2.34. The summed E-state index contributed by atoms with van der Waals surface area (Å²) in [7, 11) is 0. The van der Waals surface area contributed by atoms with Crippen LogP contribution < -0.4 is 0 Å². The summed E-state index contributed by atoms with van der Waals surface area (Å²) in [6.07, 6.45) is 0. The molecule has 0 saturated heterocycles. The molecular weight excluding hydrogens is 1440 g/mol. The third-order valence-corrected chi connectivity index (χ3v) is 23.3. The zero-order valence-electron chi connectivity index (χ0n) is 70.4. The highest BCUT2D eigenvalue weighted by molar-refractivity contribution is 6.04. The fourth-order valence-electron chi connectivity index (χ4n) is 16.8. The molecule has 0 spiro atoms. The maximum atomic E-state index is 2.34. The minimum atomic E-state index is 1.27. The molecule has 20 aromatic carbocycles. The third-order valence-electron chi connectivity index (χ3n) is 23.3. The molecule has 580 valence electrons. The van der Waals surface area contributed by atoms with Crippen LogP contribution in [0.4, 0.5) is 0 Å². The molecule has 0 radical (unpaired) electrons. The summed E-state index contributed by atoms with van der Waals surface area (Å²) in [4.78, 5) is 0. The molecule has 0 aliphatic carbocycles. The largest absolute Gasteiger partial charge is 0.0620 e. The van der Waals surface area contributed by atoms with Gasteiger partial charge in [0.2, 0.25) is 0 Å². The summed E-state index contributed by atoms with van der Waals surface area (Å²) in [5.74, 6) is 0. The Morgan fingerprint density at radius 2 is 0.367 bits per heavy atom. The summed E-state index contributed by atoms with van der Waals surface area (Å²) in [5, 5.41) is 13.0. The van der Waals surface area contributed by atoms with E-state index in [1.165, 1.54) is 221 Å². The fourth-order valence-corrected chi connectivity index (χ4v) is 16.8. The Kier molecular flexibility index (Phi) is 24.2. The van der Waals surface area contributed by atoms with Crippen molar-refractivity contribution >= 4 is 53.9 Å². The van der Waals surface area contributed by atoms with Crippen LogP contribution in [0.5, 0.6) is 0 Å². The fraction of sp³-hybridized carbons (Fsp3) is 0.0833. The van der Waals surface area contributed by atoms with Gasteiger partial charge in [-0.2, -0.15) is 0 Å². The normalized spacial score (nSPS) is 10.9. The average molecular weight is 1540 g/mol. The van der Waals surface area contributed by atoms with Gasteiger partial charge in [0, 0.05) is 0 Å². The number of fused-ring (bicyclic) bond motifs is 5. The van der Waals surface area contributed by atoms with Gasteiger partial charge >= 0.3 is 0 Å². The average Bonchev–Trinajstić information content (AvgIpc) is 0.812. The predicted octanol–water partition coefficient (Wildman–Crippen LogP) is 34.0. The number of rotatable bonds is 10. The third kappa shape index (κ3) is 18.3. The lowest BCUT2D eigenvalue weighted by atomic mass is 9.90. The molecule has 0 atom stereocenters. The zero-order chi connectivity index (χ0) is 82.6. The molecule has 0 nitrogen and oxygen atoms in total. The van der Waals surface area contributed by atoms with E-state index >= 15 is 0 Å². The molecule has 0 saturated carbocycles. The summed E-state index contributed by atoms with van der Waals surface area (Å²) in [6, 6.07) is 153. The lowest BCUT2D eigenvalue weighted by Crippen LogP contribution is -1.89.